The molecule has 4 aromatic rings. The van der Waals surface area contributed by atoms with Crippen molar-refractivity contribution in [2.45, 2.75) is 32.4 Å². The van der Waals surface area contributed by atoms with Gasteiger partial charge in [-0.2, -0.15) is 0 Å². The van der Waals surface area contributed by atoms with Crippen LogP contribution in [0.5, 0.6) is 0 Å². The summed E-state index contributed by atoms with van der Waals surface area (Å²) in [6.45, 7) is 5.62. The predicted octanol–water partition coefficient (Wildman–Crippen LogP) is 4.62. The quantitative estimate of drug-likeness (QED) is 0.467. The van der Waals surface area contributed by atoms with E-state index in [1.54, 1.807) is 0 Å². The highest BCUT2D eigenvalue weighted by molar-refractivity contribution is 5.85. The largest absolute Gasteiger partial charge is 0.299 e. The molecule has 0 atom stereocenters. The highest BCUT2D eigenvalue weighted by atomic mass is 15.2. The fourth-order valence-electron chi connectivity index (χ4n) is 4.59. The fraction of sp³-hybridized carbons (Fsp3) is 0.320. The summed E-state index contributed by atoms with van der Waals surface area (Å²) in [6.07, 6.45) is 6.42. The van der Waals surface area contributed by atoms with E-state index in [2.05, 4.69) is 87.1 Å². The molecule has 2 heterocycles. The summed E-state index contributed by atoms with van der Waals surface area (Å²) in [6, 6.07) is 24.1. The minimum absolute atomic E-state index is 0.901. The van der Waals surface area contributed by atoms with Gasteiger partial charge in [0.2, 0.25) is 6.33 Å². The highest BCUT2D eigenvalue weighted by Gasteiger charge is 2.18. The number of fused-ring (bicyclic) bond motifs is 2. The Hall–Kier alpha value is -2.65. The molecular formula is C25H28N3+. The van der Waals surface area contributed by atoms with Gasteiger partial charge >= 0.3 is 0 Å². The predicted molar refractivity (Wildman–Crippen MR) is 115 cm³/mol. The number of likely N-dealkylation sites (tertiary alicyclic amines) is 1. The second-order valence-electron chi connectivity index (χ2n) is 7.97. The number of nitrogens with zero attached hydrogens (tertiary/aromatic N) is 3. The van der Waals surface area contributed by atoms with Crippen LogP contribution in [0.25, 0.3) is 21.8 Å². The summed E-state index contributed by atoms with van der Waals surface area (Å²) >= 11 is 0. The summed E-state index contributed by atoms with van der Waals surface area (Å²) in [4.78, 5) is 2.62. The van der Waals surface area contributed by atoms with Gasteiger partial charge in [0, 0.05) is 12.1 Å². The third-order valence-electron chi connectivity index (χ3n) is 6.11. The Balaban J connectivity index is 1.46. The van der Waals surface area contributed by atoms with Gasteiger partial charge in [-0.3, -0.25) is 4.90 Å². The summed E-state index contributed by atoms with van der Waals surface area (Å²) in [5, 5.41) is 2.66. The van der Waals surface area contributed by atoms with E-state index in [9.17, 15) is 0 Å². The van der Waals surface area contributed by atoms with Crippen molar-refractivity contribution in [3.05, 3.63) is 78.6 Å². The first-order valence-corrected chi connectivity index (χ1v) is 10.5. The molecule has 3 heteroatoms. The number of benzene rings is 3. The van der Waals surface area contributed by atoms with E-state index in [4.69, 9.17) is 0 Å². The van der Waals surface area contributed by atoms with Crippen LogP contribution in [0.15, 0.2) is 73.1 Å². The van der Waals surface area contributed by atoms with Crippen LogP contribution in [0.1, 0.15) is 24.8 Å². The molecule has 1 aromatic heterocycles. The summed E-state index contributed by atoms with van der Waals surface area (Å²) in [5.41, 5.74) is 4.02. The molecule has 1 aliphatic heterocycles. The average Bonchev–Trinajstić information content (AvgIpc) is 3.11. The zero-order valence-corrected chi connectivity index (χ0v) is 16.4. The van der Waals surface area contributed by atoms with Crippen molar-refractivity contribution in [2.24, 2.45) is 0 Å². The molecule has 0 aliphatic carbocycles. The van der Waals surface area contributed by atoms with E-state index in [-0.39, 0.29) is 0 Å². The molecule has 0 radical (unpaired) electrons. The first-order chi connectivity index (χ1) is 13.9. The van der Waals surface area contributed by atoms with Crippen LogP contribution in [-0.2, 0) is 13.1 Å². The minimum Gasteiger partial charge on any atom is -0.299 e. The van der Waals surface area contributed by atoms with Crippen molar-refractivity contribution < 1.29 is 4.57 Å². The van der Waals surface area contributed by atoms with E-state index in [0.717, 1.165) is 19.6 Å². The fourth-order valence-corrected chi connectivity index (χ4v) is 4.59. The Morgan fingerprint density at radius 2 is 1.54 bits per heavy atom. The Morgan fingerprint density at radius 1 is 0.750 bits per heavy atom. The van der Waals surface area contributed by atoms with Crippen molar-refractivity contribution in [2.75, 3.05) is 19.6 Å². The van der Waals surface area contributed by atoms with E-state index in [1.807, 2.05) is 0 Å². The summed E-state index contributed by atoms with van der Waals surface area (Å²) in [7, 11) is 0. The SMILES string of the molecule is c1ccc2c(C[n+]3cn(CCN4CCCCC4)c4ccccc43)cccc2c1. The zero-order valence-electron chi connectivity index (χ0n) is 16.4. The number of imidazole rings is 1. The maximum atomic E-state index is 2.62. The van der Waals surface area contributed by atoms with Gasteiger partial charge in [0.25, 0.3) is 0 Å². The van der Waals surface area contributed by atoms with Crippen LogP contribution < -0.4 is 4.57 Å². The lowest BCUT2D eigenvalue weighted by Gasteiger charge is -2.25. The van der Waals surface area contributed by atoms with Crippen LogP contribution in [0.3, 0.4) is 0 Å². The standard InChI is InChI=1S/C25H28N3/c1-6-15-26(16-7-1)17-18-27-20-28(25-14-5-4-13-24(25)27)19-22-11-8-10-21-9-2-3-12-23(21)22/h2-5,8-14,20H,1,6-7,15-19H2/q+1. The lowest BCUT2D eigenvalue weighted by molar-refractivity contribution is -0.663. The van der Waals surface area contributed by atoms with Gasteiger partial charge in [0.15, 0.2) is 11.0 Å². The van der Waals surface area contributed by atoms with Gasteiger partial charge in [-0.1, -0.05) is 61.0 Å². The molecule has 142 valence electrons. The average molecular weight is 371 g/mol. The van der Waals surface area contributed by atoms with Crippen LogP contribution >= 0.6 is 0 Å². The van der Waals surface area contributed by atoms with Crippen LogP contribution in [0.4, 0.5) is 0 Å². The van der Waals surface area contributed by atoms with E-state index in [0.29, 0.717) is 0 Å². The maximum Gasteiger partial charge on any atom is 0.245 e. The molecule has 28 heavy (non-hydrogen) atoms. The maximum absolute atomic E-state index is 2.62. The van der Waals surface area contributed by atoms with Crippen molar-refractivity contribution in [1.29, 1.82) is 0 Å². The lowest BCUT2D eigenvalue weighted by atomic mass is 10.0. The second-order valence-corrected chi connectivity index (χ2v) is 7.97. The first-order valence-electron chi connectivity index (χ1n) is 10.5. The Labute approximate surface area is 166 Å². The lowest BCUT2D eigenvalue weighted by Crippen LogP contribution is -2.34. The molecule has 0 N–H and O–H groups in total. The number of hydrogen-bond donors (Lipinski definition) is 0. The highest BCUT2D eigenvalue weighted by Crippen LogP contribution is 2.19. The molecule has 1 aliphatic rings. The topological polar surface area (TPSA) is 12.0 Å². The van der Waals surface area contributed by atoms with Crippen molar-refractivity contribution in [3.8, 4) is 0 Å². The van der Waals surface area contributed by atoms with E-state index < -0.39 is 0 Å². The molecule has 0 saturated carbocycles. The minimum atomic E-state index is 0.901. The Kier molecular flexibility index (Phi) is 4.84. The number of aromatic nitrogens is 2. The van der Waals surface area contributed by atoms with Crippen LogP contribution in [0, 0.1) is 0 Å². The molecule has 0 spiro atoms. The molecule has 5 rings (SSSR count). The number of hydrogen-bond acceptors (Lipinski definition) is 1. The Bertz CT molecular complexity index is 1080. The van der Waals surface area contributed by atoms with Crippen LogP contribution in [-0.4, -0.2) is 29.1 Å². The third-order valence-corrected chi connectivity index (χ3v) is 6.11. The number of rotatable bonds is 5. The summed E-state index contributed by atoms with van der Waals surface area (Å²) in [5.74, 6) is 0. The van der Waals surface area contributed by atoms with Gasteiger partial charge in [0.05, 0.1) is 0 Å². The van der Waals surface area contributed by atoms with Gasteiger partial charge in [-0.05, 0) is 48.8 Å². The molecule has 0 bridgehead atoms. The zero-order chi connectivity index (χ0) is 18.8. The summed E-state index contributed by atoms with van der Waals surface area (Å²) < 4.78 is 4.85. The van der Waals surface area contributed by atoms with Crippen molar-refractivity contribution in [1.82, 2.24) is 9.47 Å². The molecule has 3 aromatic carbocycles. The molecule has 0 unspecified atom stereocenters. The number of piperidine rings is 1. The normalized spacial score (nSPS) is 15.4. The monoisotopic (exact) mass is 370 g/mol. The third kappa shape index (κ3) is 3.43. The van der Waals surface area contributed by atoms with Crippen molar-refractivity contribution in [3.63, 3.8) is 0 Å². The number of para-hydroxylation sites is 2. The smallest absolute Gasteiger partial charge is 0.245 e. The van der Waals surface area contributed by atoms with Crippen molar-refractivity contribution >= 4 is 21.8 Å². The molecular weight excluding hydrogens is 342 g/mol. The van der Waals surface area contributed by atoms with Gasteiger partial charge in [0.1, 0.15) is 13.1 Å². The molecule has 0 amide bonds. The first kappa shape index (κ1) is 17.4. The van der Waals surface area contributed by atoms with Crippen LogP contribution in [0.2, 0.25) is 0 Å². The second kappa shape index (κ2) is 7.76. The molecule has 1 fully saturated rings. The van der Waals surface area contributed by atoms with Gasteiger partial charge in [-0.15, -0.1) is 0 Å². The molecule has 3 nitrogen and oxygen atoms in total. The van der Waals surface area contributed by atoms with Gasteiger partial charge in [-0.25, -0.2) is 9.13 Å². The van der Waals surface area contributed by atoms with Gasteiger partial charge < -0.3 is 0 Å². The molecule has 1 saturated heterocycles. The Morgan fingerprint density at radius 3 is 2.46 bits per heavy atom. The van der Waals surface area contributed by atoms with E-state index in [1.165, 1.54) is 59.7 Å². The van der Waals surface area contributed by atoms with E-state index >= 15 is 0 Å².